The van der Waals surface area contributed by atoms with Crippen LogP contribution in [0.2, 0.25) is 0 Å². The summed E-state index contributed by atoms with van der Waals surface area (Å²) in [6, 6.07) is 15.0. The number of aryl methyl sites for hydroxylation is 2. The number of esters is 1. The summed E-state index contributed by atoms with van der Waals surface area (Å²) in [6.07, 6.45) is 7.83. The second kappa shape index (κ2) is 9.47. The maximum Gasteiger partial charge on any atom is 0.305 e. The number of methoxy groups -OCH3 is 1. The van der Waals surface area contributed by atoms with E-state index in [-0.39, 0.29) is 12.0 Å². The van der Waals surface area contributed by atoms with Crippen molar-refractivity contribution in [2.75, 3.05) is 20.2 Å². The van der Waals surface area contributed by atoms with Gasteiger partial charge in [-0.15, -0.1) is 0 Å². The van der Waals surface area contributed by atoms with Gasteiger partial charge in [0.2, 0.25) is 0 Å². The zero-order valence-electron chi connectivity index (χ0n) is 16.2. The van der Waals surface area contributed by atoms with E-state index in [1.165, 1.54) is 31.1 Å². The average molecular weight is 364 g/mol. The standard InChI is InChI=1S/C23H28N2O2/c1-18-8-10-19(11-9-18)22(25-16-3-4-17-25)14-12-20-6-5-7-21(24-20)13-15-23(26)27-2/h5-12,14,22H,3-4,13,15-17H2,1-2H3/b14-12+. The number of benzene rings is 1. The summed E-state index contributed by atoms with van der Waals surface area (Å²) in [6.45, 7) is 4.39. The van der Waals surface area contributed by atoms with E-state index >= 15 is 0 Å². The second-order valence-corrected chi connectivity index (χ2v) is 7.09. The molecule has 4 nitrogen and oxygen atoms in total. The lowest BCUT2D eigenvalue weighted by atomic mass is 10.0. The molecule has 0 bridgehead atoms. The van der Waals surface area contributed by atoms with Crippen LogP contribution in [0.5, 0.6) is 0 Å². The van der Waals surface area contributed by atoms with Crippen LogP contribution in [0.4, 0.5) is 0 Å². The van der Waals surface area contributed by atoms with Crippen molar-refractivity contribution in [1.82, 2.24) is 9.88 Å². The Hall–Kier alpha value is -2.46. The lowest BCUT2D eigenvalue weighted by Gasteiger charge is -2.25. The van der Waals surface area contributed by atoms with Gasteiger partial charge >= 0.3 is 5.97 Å². The minimum absolute atomic E-state index is 0.203. The molecule has 1 aliphatic heterocycles. The third kappa shape index (κ3) is 5.51. The molecule has 0 spiro atoms. The molecule has 1 aromatic carbocycles. The molecule has 3 rings (SSSR count). The van der Waals surface area contributed by atoms with Crippen molar-refractivity contribution >= 4 is 12.0 Å². The zero-order chi connectivity index (χ0) is 19.1. The maximum absolute atomic E-state index is 11.3. The molecular formula is C23H28N2O2. The van der Waals surface area contributed by atoms with Gasteiger partial charge in [-0.1, -0.05) is 42.0 Å². The smallest absolute Gasteiger partial charge is 0.305 e. The summed E-state index contributed by atoms with van der Waals surface area (Å²) >= 11 is 0. The molecule has 4 heteroatoms. The largest absolute Gasteiger partial charge is 0.469 e. The van der Waals surface area contributed by atoms with E-state index in [1.807, 2.05) is 18.2 Å². The summed E-state index contributed by atoms with van der Waals surface area (Å²) in [5.74, 6) is -0.203. The Bertz CT molecular complexity index is 777. The summed E-state index contributed by atoms with van der Waals surface area (Å²) in [5.41, 5.74) is 4.44. The molecule has 0 radical (unpaired) electrons. The molecule has 1 aromatic heterocycles. The SMILES string of the molecule is COC(=O)CCc1cccc(/C=C/C(c2ccc(C)cc2)N2CCCC2)n1. The van der Waals surface area contributed by atoms with Gasteiger partial charge in [-0.05, 0) is 56.6 Å². The minimum Gasteiger partial charge on any atom is -0.469 e. The molecule has 0 N–H and O–H groups in total. The summed E-state index contributed by atoms with van der Waals surface area (Å²) in [4.78, 5) is 18.5. The molecule has 1 saturated heterocycles. The van der Waals surface area contributed by atoms with Crippen molar-refractivity contribution in [3.63, 3.8) is 0 Å². The molecule has 142 valence electrons. The van der Waals surface area contributed by atoms with Crippen LogP contribution in [0.3, 0.4) is 0 Å². The molecule has 1 fully saturated rings. The first-order valence-electron chi connectivity index (χ1n) is 9.67. The van der Waals surface area contributed by atoms with Crippen molar-refractivity contribution in [2.24, 2.45) is 0 Å². The van der Waals surface area contributed by atoms with Crippen LogP contribution in [0.1, 0.15) is 47.8 Å². The van der Waals surface area contributed by atoms with Gasteiger partial charge < -0.3 is 4.74 Å². The Labute approximate surface area is 161 Å². The van der Waals surface area contributed by atoms with Gasteiger partial charge in [0.15, 0.2) is 0 Å². The van der Waals surface area contributed by atoms with E-state index < -0.39 is 0 Å². The van der Waals surface area contributed by atoms with E-state index in [9.17, 15) is 4.79 Å². The van der Waals surface area contributed by atoms with Crippen LogP contribution in [0.25, 0.3) is 6.08 Å². The highest BCUT2D eigenvalue weighted by atomic mass is 16.5. The van der Waals surface area contributed by atoms with Gasteiger partial charge in [-0.25, -0.2) is 0 Å². The first kappa shape index (κ1) is 19.3. The second-order valence-electron chi connectivity index (χ2n) is 7.09. The van der Waals surface area contributed by atoms with Gasteiger partial charge in [0.1, 0.15) is 0 Å². The third-order valence-electron chi connectivity index (χ3n) is 5.04. The third-order valence-corrected chi connectivity index (χ3v) is 5.04. The molecule has 27 heavy (non-hydrogen) atoms. The van der Waals surface area contributed by atoms with Crippen molar-refractivity contribution in [1.29, 1.82) is 0 Å². The molecule has 0 amide bonds. The van der Waals surface area contributed by atoms with Crippen LogP contribution < -0.4 is 0 Å². The Morgan fingerprint density at radius 1 is 1.19 bits per heavy atom. The highest BCUT2D eigenvalue weighted by Gasteiger charge is 2.21. The van der Waals surface area contributed by atoms with E-state index in [0.29, 0.717) is 12.8 Å². The fourth-order valence-corrected chi connectivity index (χ4v) is 3.48. The van der Waals surface area contributed by atoms with Gasteiger partial charge in [-0.3, -0.25) is 14.7 Å². The number of nitrogens with zero attached hydrogens (tertiary/aromatic N) is 2. The van der Waals surface area contributed by atoms with Crippen LogP contribution in [0.15, 0.2) is 48.5 Å². The van der Waals surface area contributed by atoms with Crippen LogP contribution >= 0.6 is 0 Å². The Balaban J connectivity index is 1.75. The molecule has 1 atom stereocenters. The molecule has 1 unspecified atom stereocenters. The molecule has 0 aliphatic carbocycles. The Morgan fingerprint density at radius 2 is 1.93 bits per heavy atom. The molecule has 1 aliphatic rings. The number of carbonyl (C=O) groups excluding carboxylic acids is 1. The number of hydrogen-bond donors (Lipinski definition) is 0. The van der Waals surface area contributed by atoms with E-state index in [4.69, 9.17) is 4.74 Å². The topological polar surface area (TPSA) is 42.4 Å². The van der Waals surface area contributed by atoms with E-state index in [2.05, 4.69) is 53.2 Å². The molecule has 2 aromatic rings. The average Bonchev–Trinajstić information content (AvgIpc) is 3.22. The van der Waals surface area contributed by atoms with Crippen LogP contribution in [-0.4, -0.2) is 36.1 Å². The van der Waals surface area contributed by atoms with Gasteiger partial charge in [-0.2, -0.15) is 0 Å². The number of pyridine rings is 1. The number of likely N-dealkylation sites (tertiary alicyclic amines) is 1. The number of carbonyl (C=O) groups is 1. The Morgan fingerprint density at radius 3 is 2.63 bits per heavy atom. The monoisotopic (exact) mass is 364 g/mol. The summed E-state index contributed by atoms with van der Waals surface area (Å²) in [5, 5.41) is 0. The van der Waals surface area contributed by atoms with Crippen LogP contribution in [-0.2, 0) is 16.0 Å². The van der Waals surface area contributed by atoms with Crippen molar-refractivity contribution in [3.8, 4) is 0 Å². The Kier molecular flexibility index (Phi) is 6.77. The predicted molar refractivity (Wildman–Crippen MR) is 108 cm³/mol. The first-order chi connectivity index (χ1) is 13.2. The number of hydrogen-bond acceptors (Lipinski definition) is 4. The van der Waals surface area contributed by atoms with Crippen molar-refractivity contribution < 1.29 is 9.53 Å². The normalized spacial score (nSPS) is 15.9. The summed E-state index contributed by atoms with van der Waals surface area (Å²) < 4.78 is 4.71. The van der Waals surface area contributed by atoms with E-state index in [0.717, 1.165) is 24.5 Å². The molecular weight excluding hydrogens is 336 g/mol. The van der Waals surface area contributed by atoms with E-state index in [1.54, 1.807) is 0 Å². The maximum atomic E-state index is 11.3. The van der Waals surface area contributed by atoms with Gasteiger partial charge in [0.25, 0.3) is 0 Å². The zero-order valence-corrected chi connectivity index (χ0v) is 16.2. The van der Waals surface area contributed by atoms with Gasteiger partial charge in [0.05, 0.1) is 25.3 Å². The quantitative estimate of drug-likeness (QED) is 0.685. The predicted octanol–water partition coefficient (Wildman–Crippen LogP) is 4.35. The van der Waals surface area contributed by atoms with Crippen LogP contribution in [0, 0.1) is 6.92 Å². The number of aromatic nitrogens is 1. The fourth-order valence-electron chi connectivity index (χ4n) is 3.48. The highest BCUT2D eigenvalue weighted by molar-refractivity contribution is 5.69. The lowest BCUT2D eigenvalue weighted by molar-refractivity contribution is -0.140. The summed E-state index contributed by atoms with van der Waals surface area (Å²) in [7, 11) is 1.42. The molecule has 0 saturated carbocycles. The number of ether oxygens (including phenoxy) is 1. The highest BCUT2D eigenvalue weighted by Crippen LogP contribution is 2.27. The fraction of sp³-hybridized carbons (Fsp3) is 0.391. The minimum atomic E-state index is -0.203. The molecule has 2 heterocycles. The van der Waals surface area contributed by atoms with Crippen molar-refractivity contribution in [2.45, 2.75) is 38.6 Å². The lowest BCUT2D eigenvalue weighted by Crippen LogP contribution is -2.24. The van der Waals surface area contributed by atoms with Crippen molar-refractivity contribution in [3.05, 3.63) is 71.1 Å². The number of rotatable bonds is 7. The van der Waals surface area contributed by atoms with Gasteiger partial charge in [0, 0.05) is 12.1 Å². The first-order valence-corrected chi connectivity index (χ1v) is 9.67.